The summed E-state index contributed by atoms with van der Waals surface area (Å²) in [5.74, 6) is -0.661. The molecule has 0 aromatic heterocycles. The number of hydrogen-bond acceptors (Lipinski definition) is 3. The molecule has 0 spiro atoms. The maximum absolute atomic E-state index is 13.5. The normalized spacial score (nSPS) is 20.1. The van der Waals surface area contributed by atoms with Crippen molar-refractivity contribution in [1.82, 2.24) is 0 Å². The molecule has 1 fully saturated rings. The molecule has 0 bridgehead atoms. The summed E-state index contributed by atoms with van der Waals surface area (Å²) in [6.45, 7) is 8.29. The van der Waals surface area contributed by atoms with Crippen LogP contribution in [0.3, 0.4) is 0 Å². The van der Waals surface area contributed by atoms with Crippen molar-refractivity contribution in [1.29, 1.82) is 0 Å². The molecule has 1 aromatic carbocycles. The Morgan fingerprint density at radius 3 is 2.26 bits per heavy atom. The molecule has 1 aromatic rings. The molecule has 6 heteroatoms. The number of rotatable bonds is 3. The molecular weight excluding hydrogens is 271 g/mol. The van der Waals surface area contributed by atoms with Crippen molar-refractivity contribution in [2.24, 2.45) is 10.8 Å². The number of anilines is 1. The number of nitrogens with zero attached hydrogens (tertiary/aromatic N) is 1. The van der Waals surface area contributed by atoms with E-state index in [-0.39, 0.29) is 33.3 Å². The highest BCUT2D eigenvalue weighted by molar-refractivity contribution is 6.31. The Hall–Kier alpha value is -1.36. The maximum Gasteiger partial charge on any atom is 0.294 e. The van der Waals surface area contributed by atoms with E-state index in [4.69, 9.17) is 11.6 Å². The van der Waals surface area contributed by atoms with Gasteiger partial charge in [-0.3, -0.25) is 10.1 Å². The molecule has 1 saturated carbocycles. The second-order valence-electron chi connectivity index (χ2n) is 6.06. The molecule has 0 amide bonds. The average molecular weight is 287 g/mol. The van der Waals surface area contributed by atoms with Crippen LogP contribution < -0.4 is 5.32 Å². The van der Waals surface area contributed by atoms with Crippen LogP contribution in [-0.4, -0.2) is 11.0 Å². The average Bonchev–Trinajstić information content (AvgIpc) is 2.65. The monoisotopic (exact) mass is 286 g/mol. The molecule has 0 heterocycles. The maximum atomic E-state index is 13.5. The van der Waals surface area contributed by atoms with Crippen LogP contribution in [0.25, 0.3) is 0 Å². The smallest absolute Gasteiger partial charge is 0.294 e. The van der Waals surface area contributed by atoms with Gasteiger partial charge in [-0.1, -0.05) is 39.3 Å². The van der Waals surface area contributed by atoms with Crippen molar-refractivity contribution in [3.05, 3.63) is 33.1 Å². The topological polar surface area (TPSA) is 55.2 Å². The summed E-state index contributed by atoms with van der Waals surface area (Å²) in [5, 5.41) is 13.8. The second kappa shape index (κ2) is 4.07. The number of benzene rings is 1. The van der Waals surface area contributed by atoms with Gasteiger partial charge in [-0.05, 0) is 10.8 Å². The first-order valence-electron chi connectivity index (χ1n) is 5.99. The molecule has 19 heavy (non-hydrogen) atoms. The Morgan fingerprint density at radius 1 is 1.32 bits per heavy atom. The predicted octanol–water partition coefficient (Wildman–Crippen LogP) is 4.23. The lowest BCUT2D eigenvalue weighted by Gasteiger charge is -2.09. The highest BCUT2D eigenvalue weighted by Crippen LogP contribution is 2.64. The van der Waals surface area contributed by atoms with Gasteiger partial charge in [0.15, 0.2) is 0 Å². The summed E-state index contributed by atoms with van der Waals surface area (Å²) < 4.78 is 13.5. The molecule has 0 saturated heterocycles. The molecule has 1 aliphatic rings. The standard InChI is InChI=1S/C13H16ClFN2O2/c1-12(2)11(13(12,3)4)16-9-6-8(15)7(14)5-10(9)17(18)19/h5-6,11,16H,1-4H3. The zero-order chi connectivity index (χ0) is 14.6. The van der Waals surface area contributed by atoms with Gasteiger partial charge in [0.25, 0.3) is 5.69 Å². The zero-order valence-electron chi connectivity index (χ0n) is 11.3. The van der Waals surface area contributed by atoms with E-state index in [1.165, 1.54) is 0 Å². The van der Waals surface area contributed by atoms with E-state index in [0.29, 0.717) is 0 Å². The molecule has 4 nitrogen and oxygen atoms in total. The van der Waals surface area contributed by atoms with Gasteiger partial charge in [0.2, 0.25) is 0 Å². The van der Waals surface area contributed by atoms with Crippen molar-refractivity contribution < 1.29 is 9.31 Å². The highest BCUT2D eigenvalue weighted by atomic mass is 35.5. The van der Waals surface area contributed by atoms with E-state index in [9.17, 15) is 14.5 Å². The van der Waals surface area contributed by atoms with Crippen molar-refractivity contribution in [2.45, 2.75) is 33.7 Å². The second-order valence-corrected chi connectivity index (χ2v) is 6.47. The van der Waals surface area contributed by atoms with Gasteiger partial charge in [-0.2, -0.15) is 0 Å². The number of hydrogen-bond donors (Lipinski definition) is 1. The van der Waals surface area contributed by atoms with Gasteiger partial charge in [0.05, 0.1) is 9.95 Å². The van der Waals surface area contributed by atoms with Crippen LogP contribution in [-0.2, 0) is 0 Å². The highest BCUT2D eigenvalue weighted by Gasteiger charge is 2.65. The molecule has 1 N–H and O–H groups in total. The van der Waals surface area contributed by atoms with Gasteiger partial charge < -0.3 is 5.32 Å². The Morgan fingerprint density at radius 2 is 1.84 bits per heavy atom. The number of halogens is 2. The quantitative estimate of drug-likeness (QED) is 0.668. The third-order valence-corrected chi connectivity index (χ3v) is 4.85. The van der Waals surface area contributed by atoms with Crippen molar-refractivity contribution in [3.8, 4) is 0 Å². The molecule has 1 aliphatic carbocycles. The first-order chi connectivity index (χ1) is 8.59. The summed E-state index contributed by atoms with van der Waals surface area (Å²) in [7, 11) is 0. The number of nitrogens with one attached hydrogen (secondary N) is 1. The van der Waals surface area contributed by atoms with Gasteiger partial charge >= 0.3 is 0 Å². The Kier molecular flexibility index (Phi) is 3.01. The lowest BCUT2D eigenvalue weighted by Crippen LogP contribution is -2.12. The van der Waals surface area contributed by atoms with E-state index in [2.05, 4.69) is 33.0 Å². The fourth-order valence-electron chi connectivity index (χ4n) is 2.52. The Labute approximate surface area is 116 Å². The molecule has 2 rings (SSSR count). The summed E-state index contributed by atoms with van der Waals surface area (Å²) in [6.07, 6.45) is 0. The van der Waals surface area contributed by atoms with Crippen molar-refractivity contribution in [3.63, 3.8) is 0 Å². The largest absolute Gasteiger partial charge is 0.376 e. The van der Waals surface area contributed by atoms with Crippen LogP contribution in [0.2, 0.25) is 5.02 Å². The minimum Gasteiger partial charge on any atom is -0.376 e. The minimum absolute atomic E-state index is 0.00300. The first-order valence-corrected chi connectivity index (χ1v) is 6.37. The SMILES string of the molecule is CC1(C)C(Nc2cc(F)c(Cl)cc2[N+](=O)[O-])C1(C)C. The first kappa shape index (κ1) is 14.1. The van der Waals surface area contributed by atoms with Crippen LogP contribution in [0.1, 0.15) is 27.7 Å². The van der Waals surface area contributed by atoms with Gasteiger partial charge in [-0.15, -0.1) is 0 Å². The third kappa shape index (κ3) is 2.06. The lowest BCUT2D eigenvalue weighted by atomic mass is 10.0. The molecule has 0 atom stereocenters. The van der Waals surface area contributed by atoms with E-state index in [1.807, 2.05) is 0 Å². The Balaban J connectivity index is 2.36. The van der Waals surface area contributed by atoms with E-state index in [1.54, 1.807) is 0 Å². The molecule has 0 radical (unpaired) electrons. The number of nitro groups is 1. The van der Waals surface area contributed by atoms with Crippen molar-refractivity contribution >= 4 is 23.0 Å². The van der Waals surface area contributed by atoms with Crippen LogP contribution in [0.4, 0.5) is 15.8 Å². The summed E-state index contributed by atoms with van der Waals surface area (Å²) in [6, 6.07) is 2.19. The fraction of sp³-hybridized carbons (Fsp3) is 0.538. The summed E-state index contributed by atoms with van der Waals surface area (Å²) in [5.41, 5.74) is -0.0334. The van der Waals surface area contributed by atoms with Gasteiger partial charge in [0.1, 0.15) is 11.5 Å². The van der Waals surface area contributed by atoms with E-state index in [0.717, 1.165) is 12.1 Å². The fourth-order valence-corrected chi connectivity index (χ4v) is 2.67. The molecule has 0 unspecified atom stereocenters. The third-order valence-electron chi connectivity index (χ3n) is 4.56. The predicted molar refractivity (Wildman–Crippen MR) is 73.0 cm³/mol. The lowest BCUT2D eigenvalue weighted by molar-refractivity contribution is -0.384. The van der Waals surface area contributed by atoms with E-state index < -0.39 is 10.7 Å². The Bertz CT molecular complexity index is 544. The molecule has 0 aliphatic heterocycles. The van der Waals surface area contributed by atoms with Crippen LogP contribution in [0, 0.1) is 26.8 Å². The van der Waals surface area contributed by atoms with Gasteiger partial charge in [0, 0.05) is 18.2 Å². The molecule has 104 valence electrons. The van der Waals surface area contributed by atoms with Crippen molar-refractivity contribution in [2.75, 3.05) is 5.32 Å². The van der Waals surface area contributed by atoms with Gasteiger partial charge in [-0.25, -0.2) is 4.39 Å². The van der Waals surface area contributed by atoms with Crippen LogP contribution >= 0.6 is 11.6 Å². The van der Waals surface area contributed by atoms with Crippen LogP contribution in [0.5, 0.6) is 0 Å². The van der Waals surface area contributed by atoms with E-state index >= 15 is 0 Å². The van der Waals surface area contributed by atoms with Crippen LogP contribution in [0.15, 0.2) is 12.1 Å². The zero-order valence-corrected chi connectivity index (χ0v) is 12.0. The summed E-state index contributed by atoms with van der Waals surface area (Å²) in [4.78, 5) is 10.4. The molecular formula is C13H16ClFN2O2. The summed E-state index contributed by atoms with van der Waals surface area (Å²) >= 11 is 5.59. The minimum atomic E-state index is -0.661. The number of nitro benzene ring substituents is 1.